The summed E-state index contributed by atoms with van der Waals surface area (Å²) in [5.41, 5.74) is 0.619. The molecule has 0 saturated carbocycles. The van der Waals surface area contributed by atoms with Crippen molar-refractivity contribution >= 4 is 29.3 Å². The molecule has 0 spiro atoms. The van der Waals surface area contributed by atoms with Gasteiger partial charge in [0, 0.05) is 49.9 Å². The summed E-state index contributed by atoms with van der Waals surface area (Å²) in [6, 6.07) is 6.86. The van der Waals surface area contributed by atoms with Gasteiger partial charge in [-0.25, -0.2) is 0 Å². The van der Waals surface area contributed by atoms with Gasteiger partial charge in [-0.3, -0.25) is 19.3 Å². The quantitative estimate of drug-likeness (QED) is 0.823. The summed E-state index contributed by atoms with van der Waals surface area (Å²) in [5, 5.41) is 3.31. The molecule has 2 fully saturated rings. The molecule has 2 heterocycles. The lowest BCUT2D eigenvalue weighted by molar-refractivity contribution is -0.139. The van der Waals surface area contributed by atoms with Crippen molar-refractivity contribution in [3.63, 3.8) is 0 Å². The van der Waals surface area contributed by atoms with Crippen LogP contribution in [0.3, 0.4) is 0 Å². The van der Waals surface area contributed by atoms with E-state index in [9.17, 15) is 14.4 Å². The summed E-state index contributed by atoms with van der Waals surface area (Å²) in [5.74, 6) is -0.166. The lowest BCUT2D eigenvalue weighted by atomic mass is 10.2. The predicted octanol–water partition coefficient (Wildman–Crippen LogP) is 0.0562. The molecular weight excluding hydrogens is 344 g/mol. The molecule has 3 rings (SSSR count). The molecule has 0 radical (unpaired) electrons. The molecule has 0 bridgehead atoms. The minimum absolute atomic E-state index is 0.0182. The summed E-state index contributed by atoms with van der Waals surface area (Å²) in [6.07, 6.45) is 0. The van der Waals surface area contributed by atoms with Gasteiger partial charge in [-0.1, -0.05) is 11.6 Å². The Morgan fingerprint density at radius 3 is 2.32 bits per heavy atom. The third kappa shape index (κ3) is 4.49. The maximum atomic E-state index is 12.5. The number of piperazine rings is 2. The van der Waals surface area contributed by atoms with Crippen LogP contribution in [0.15, 0.2) is 24.3 Å². The maximum Gasteiger partial charge on any atom is 0.253 e. The standard InChI is InChI=1S/C17H21ClN4O3/c18-14-3-1-13(2-4-14)17(25)21-9-7-20(8-10-21)12-16(24)22-6-5-19-15(23)11-22/h1-4H,5-12H2,(H,19,23). The highest BCUT2D eigenvalue weighted by Gasteiger charge is 2.26. The second-order valence-electron chi connectivity index (χ2n) is 6.24. The van der Waals surface area contributed by atoms with Gasteiger partial charge in [0.2, 0.25) is 11.8 Å². The molecule has 8 heteroatoms. The highest BCUT2D eigenvalue weighted by Crippen LogP contribution is 2.13. The molecule has 134 valence electrons. The molecule has 1 N–H and O–H groups in total. The van der Waals surface area contributed by atoms with Crippen molar-refractivity contribution in [2.45, 2.75) is 0 Å². The van der Waals surface area contributed by atoms with Crippen molar-refractivity contribution in [2.75, 3.05) is 52.4 Å². The number of rotatable bonds is 3. The van der Waals surface area contributed by atoms with E-state index in [0.717, 1.165) is 0 Å². The lowest BCUT2D eigenvalue weighted by Crippen LogP contribution is -2.55. The SMILES string of the molecule is O=C1CN(C(=O)CN2CCN(C(=O)c3ccc(Cl)cc3)CC2)CCN1. The predicted molar refractivity (Wildman–Crippen MR) is 93.4 cm³/mol. The van der Waals surface area contributed by atoms with Crippen molar-refractivity contribution in [3.05, 3.63) is 34.9 Å². The largest absolute Gasteiger partial charge is 0.353 e. The van der Waals surface area contributed by atoms with Gasteiger partial charge in [0.1, 0.15) is 0 Å². The fraction of sp³-hybridized carbons (Fsp3) is 0.471. The van der Waals surface area contributed by atoms with Crippen LogP contribution >= 0.6 is 11.6 Å². The Balaban J connectivity index is 1.48. The van der Waals surface area contributed by atoms with Crippen molar-refractivity contribution < 1.29 is 14.4 Å². The van der Waals surface area contributed by atoms with Crippen LogP contribution in [-0.2, 0) is 9.59 Å². The number of carbonyl (C=O) groups is 3. The van der Waals surface area contributed by atoms with Gasteiger partial charge in [0.05, 0.1) is 13.1 Å². The fourth-order valence-electron chi connectivity index (χ4n) is 3.03. The van der Waals surface area contributed by atoms with Crippen LogP contribution in [0.25, 0.3) is 0 Å². The number of hydrogen-bond donors (Lipinski definition) is 1. The molecule has 1 aromatic rings. The number of nitrogens with zero attached hydrogens (tertiary/aromatic N) is 3. The van der Waals surface area contributed by atoms with E-state index < -0.39 is 0 Å². The Hall–Kier alpha value is -2.12. The molecule has 0 atom stereocenters. The third-order valence-electron chi connectivity index (χ3n) is 4.50. The molecule has 3 amide bonds. The van der Waals surface area contributed by atoms with E-state index in [2.05, 4.69) is 5.32 Å². The number of hydrogen-bond acceptors (Lipinski definition) is 4. The minimum atomic E-state index is -0.113. The van der Waals surface area contributed by atoms with Gasteiger partial charge >= 0.3 is 0 Å². The number of amides is 3. The minimum Gasteiger partial charge on any atom is -0.353 e. The van der Waals surface area contributed by atoms with Crippen LogP contribution in [0.1, 0.15) is 10.4 Å². The first-order valence-corrected chi connectivity index (χ1v) is 8.72. The van der Waals surface area contributed by atoms with Crippen LogP contribution in [0, 0.1) is 0 Å². The summed E-state index contributed by atoms with van der Waals surface area (Å²) in [6.45, 7) is 3.93. The van der Waals surface area contributed by atoms with Gasteiger partial charge in [-0.15, -0.1) is 0 Å². The zero-order chi connectivity index (χ0) is 17.8. The highest BCUT2D eigenvalue weighted by atomic mass is 35.5. The second kappa shape index (κ2) is 7.84. The molecule has 25 heavy (non-hydrogen) atoms. The summed E-state index contributed by atoms with van der Waals surface area (Å²) >= 11 is 5.85. The van der Waals surface area contributed by atoms with Crippen LogP contribution < -0.4 is 5.32 Å². The monoisotopic (exact) mass is 364 g/mol. The van der Waals surface area contributed by atoms with E-state index >= 15 is 0 Å². The van der Waals surface area contributed by atoms with Crippen molar-refractivity contribution in [3.8, 4) is 0 Å². The van der Waals surface area contributed by atoms with Crippen molar-refractivity contribution in [1.29, 1.82) is 0 Å². The molecule has 2 aliphatic heterocycles. The Morgan fingerprint density at radius 1 is 1.00 bits per heavy atom. The van der Waals surface area contributed by atoms with Crippen molar-refractivity contribution in [2.24, 2.45) is 0 Å². The topological polar surface area (TPSA) is 73.0 Å². The molecule has 0 aromatic heterocycles. The number of carbonyl (C=O) groups excluding carboxylic acids is 3. The van der Waals surface area contributed by atoms with E-state index in [1.165, 1.54) is 0 Å². The third-order valence-corrected chi connectivity index (χ3v) is 4.75. The lowest BCUT2D eigenvalue weighted by Gasteiger charge is -2.36. The molecule has 7 nitrogen and oxygen atoms in total. The fourth-order valence-corrected chi connectivity index (χ4v) is 3.15. The zero-order valence-corrected chi connectivity index (χ0v) is 14.7. The van der Waals surface area contributed by atoms with Crippen LogP contribution in [0.4, 0.5) is 0 Å². The van der Waals surface area contributed by atoms with Crippen LogP contribution in [0.2, 0.25) is 5.02 Å². The Labute approximate surface area is 151 Å². The first kappa shape index (κ1) is 17.7. The van der Waals surface area contributed by atoms with E-state index in [1.54, 1.807) is 34.1 Å². The maximum absolute atomic E-state index is 12.5. The average molecular weight is 365 g/mol. The first-order valence-electron chi connectivity index (χ1n) is 8.34. The number of nitrogens with one attached hydrogen (secondary N) is 1. The van der Waals surface area contributed by atoms with Crippen LogP contribution in [-0.4, -0.2) is 84.8 Å². The second-order valence-corrected chi connectivity index (χ2v) is 6.68. The molecule has 1 aromatic carbocycles. The zero-order valence-electron chi connectivity index (χ0n) is 13.9. The van der Waals surface area contributed by atoms with Gasteiger partial charge < -0.3 is 15.1 Å². The molecule has 0 aliphatic carbocycles. The number of benzene rings is 1. The van der Waals surface area contributed by atoms with Gasteiger partial charge in [-0.2, -0.15) is 0 Å². The van der Waals surface area contributed by atoms with E-state index in [4.69, 9.17) is 11.6 Å². The summed E-state index contributed by atoms with van der Waals surface area (Å²) in [4.78, 5) is 41.5. The molecular formula is C17H21ClN4O3. The smallest absolute Gasteiger partial charge is 0.253 e. The van der Waals surface area contributed by atoms with E-state index in [0.29, 0.717) is 49.9 Å². The Kier molecular flexibility index (Phi) is 5.55. The summed E-state index contributed by atoms with van der Waals surface area (Å²) < 4.78 is 0. The van der Waals surface area contributed by atoms with E-state index in [-0.39, 0.29) is 30.8 Å². The molecule has 0 unspecified atom stereocenters. The average Bonchev–Trinajstić information content (AvgIpc) is 2.62. The molecule has 2 saturated heterocycles. The normalized spacial score (nSPS) is 18.8. The summed E-state index contributed by atoms with van der Waals surface area (Å²) in [7, 11) is 0. The Bertz CT molecular complexity index is 656. The first-order chi connectivity index (χ1) is 12.0. The van der Waals surface area contributed by atoms with Crippen LogP contribution in [0.5, 0.6) is 0 Å². The van der Waals surface area contributed by atoms with E-state index in [1.807, 2.05) is 4.90 Å². The highest BCUT2D eigenvalue weighted by molar-refractivity contribution is 6.30. The van der Waals surface area contributed by atoms with Gasteiger partial charge in [0.15, 0.2) is 0 Å². The Morgan fingerprint density at radius 2 is 1.68 bits per heavy atom. The van der Waals surface area contributed by atoms with Gasteiger partial charge in [0.25, 0.3) is 5.91 Å². The van der Waals surface area contributed by atoms with Crippen molar-refractivity contribution in [1.82, 2.24) is 20.0 Å². The number of halogens is 1. The molecule has 2 aliphatic rings. The van der Waals surface area contributed by atoms with Gasteiger partial charge in [-0.05, 0) is 24.3 Å².